The normalized spacial score (nSPS) is 12.5. The summed E-state index contributed by atoms with van der Waals surface area (Å²) in [6.45, 7) is 1.79. The molecule has 2 aromatic carbocycles. The number of aryl methyl sites for hydroxylation is 1. The van der Waals surface area contributed by atoms with Crippen LogP contribution in [0.2, 0.25) is 0 Å². The minimum absolute atomic E-state index is 0.130. The first kappa shape index (κ1) is 14.5. The molecule has 0 radical (unpaired) electrons. The van der Waals surface area contributed by atoms with Crippen LogP contribution in [0.4, 0.5) is 17.6 Å². The van der Waals surface area contributed by atoms with Crippen molar-refractivity contribution in [1.82, 2.24) is 0 Å². The molecule has 0 aliphatic rings. The van der Waals surface area contributed by atoms with Crippen LogP contribution in [0.25, 0.3) is 0 Å². The van der Waals surface area contributed by atoms with E-state index in [4.69, 9.17) is 5.73 Å². The number of nitrogens with two attached hydrogens (primary N) is 1. The maximum atomic E-state index is 13.2. The molecule has 1 atom stereocenters. The largest absolute Gasteiger partial charge is 0.324 e. The molecule has 1 nitrogen and oxygen atoms in total. The third-order valence-corrected chi connectivity index (χ3v) is 3.19. The average molecular weight is 283 g/mol. The molecule has 0 bridgehead atoms. The summed E-state index contributed by atoms with van der Waals surface area (Å²) in [6, 6.07) is 5.21. The van der Waals surface area contributed by atoms with Gasteiger partial charge in [0.15, 0.2) is 17.5 Å². The van der Waals surface area contributed by atoms with Gasteiger partial charge in [-0.25, -0.2) is 17.6 Å². The van der Waals surface area contributed by atoms with E-state index < -0.39 is 29.3 Å². The van der Waals surface area contributed by atoms with Gasteiger partial charge in [0.1, 0.15) is 5.82 Å². The second kappa shape index (κ2) is 5.63. The zero-order valence-corrected chi connectivity index (χ0v) is 10.8. The fourth-order valence-electron chi connectivity index (χ4n) is 2.00. The van der Waals surface area contributed by atoms with Crippen LogP contribution < -0.4 is 5.73 Å². The highest BCUT2D eigenvalue weighted by Crippen LogP contribution is 2.22. The van der Waals surface area contributed by atoms with E-state index in [1.807, 2.05) is 0 Å². The maximum absolute atomic E-state index is 13.2. The molecular formula is C15H13F4N. The molecule has 2 rings (SSSR count). The predicted octanol–water partition coefficient (Wildman–Crippen LogP) is 3.79. The van der Waals surface area contributed by atoms with Gasteiger partial charge in [-0.15, -0.1) is 0 Å². The van der Waals surface area contributed by atoms with E-state index in [9.17, 15) is 17.6 Å². The van der Waals surface area contributed by atoms with Gasteiger partial charge in [0, 0.05) is 6.04 Å². The summed E-state index contributed by atoms with van der Waals surface area (Å²) in [4.78, 5) is 0. The van der Waals surface area contributed by atoms with Gasteiger partial charge >= 0.3 is 0 Å². The standard InChI is InChI=1S/C15H13F4N/c1-8-2-3-11(16)4-9(8)7-14(20)10-5-12(17)15(19)13(18)6-10/h2-6,14H,7,20H2,1H3. The van der Waals surface area contributed by atoms with E-state index >= 15 is 0 Å². The van der Waals surface area contributed by atoms with Crippen LogP contribution in [-0.4, -0.2) is 0 Å². The van der Waals surface area contributed by atoms with Crippen molar-refractivity contribution in [2.75, 3.05) is 0 Å². The van der Waals surface area contributed by atoms with Crippen LogP contribution in [0, 0.1) is 30.2 Å². The minimum Gasteiger partial charge on any atom is -0.324 e. The molecule has 2 aromatic rings. The Kier molecular flexibility index (Phi) is 4.09. The van der Waals surface area contributed by atoms with E-state index in [-0.39, 0.29) is 12.0 Å². The van der Waals surface area contributed by atoms with Crippen molar-refractivity contribution in [3.63, 3.8) is 0 Å². The fourth-order valence-corrected chi connectivity index (χ4v) is 2.00. The predicted molar refractivity (Wildman–Crippen MR) is 68.1 cm³/mol. The molecular weight excluding hydrogens is 270 g/mol. The van der Waals surface area contributed by atoms with Gasteiger partial charge in [-0.2, -0.15) is 0 Å². The molecule has 20 heavy (non-hydrogen) atoms. The zero-order chi connectivity index (χ0) is 14.9. The van der Waals surface area contributed by atoms with E-state index in [2.05, 4.69) is 0 Å². The molecule has 5 heteroatoms. The van der Waals surface area contributed by atoms with E-state index in [0.29, 0.717) is 5.56 Å². The summed E-state index contributed by atoms with van der Waals surface area (Å²) >= 11 is 0. The molecule has 2 N–H and O–H groups in total. The fraction of sp³-hybridized carbons (Fsp3) is 0.200. The third-order valence-electron chi connectivity index (χ3n) is 3.19. The molecule has 1 unspecified atom stereocenters. The number of hydrogen-bond acceptors (Lipinski definition) is 1. The van der Waals surface area contributed by atoms with Gasteiger partial charge in [0.05, 0.1) is 0 Å². The molecule has 0 fully saturated rings. The Hall–Kier alpha value is -1.88. The van der Waals surface area contributed by atoms with Gasteiger partial charge in [-0.3, -0.25) is 0 Å². The molecule has 0 heterocycles. The number of hydrogen-bond donors (Lipinski definition) is 1. The quantitative estimate of drug-likeness (QED) is 0.673. The summed E-state index contributed by atoms with van der Waals surface area (Å²) in [6.07, 6.45) is 0.202. The SMILES string of the molecule is Cc1ccc(F)cc1CC(N)c1cc(F)c(F)c(F)c1. The van der Waals surface area contributed by atoms with Crippen LogP contribution in [-0.2, 0) is 6.42 Å². The van der Waals surface area contributed by atoms with Gasteiger partial charge in [-0.1, -0.05) is 6.07 Å². The van der Waals surface area contributed by atoms with Crippen LogP contribution in [0.3, 0.4) is 0 Å². The summed E-state index contributed by atoms with van der Waals surface area (Å²) in [5, 5.41) is 0. The van der Waals surface area contributed by atoms with Gasteiger partial charge in [0.25, 0.3) is 0 Å². The molecule has 0 spiro atoms. The van der Waals surface area contributed by atoms with Crippen LogP contribution in [0.5, 0.6) is 0 Å². The molecule has 0 saturated carbocycles. The van der Waals surface area contributed by atoms with Crippen molar-refractivity contribution in [2.24, 2.45) is 5.73 Å². The number of halogens is 4. The Morgan fingerprint density at radius 3 is 2.20 bits per heavy atom. The molecule has 0 aromatic heterocycles. The van der Waals surface area contributed by atoms with Gasteiger partial charge in [-0.05, 0) is 54.3 Å². The Bertz CT molecular complexity index is 617. The number of rotatable bonds is 3. The Labute approximate surface area is 114 Å². The first-order valence-corrected chi connectivity index (χ1v) is 6.03. The second-order valence-corrected chi connectivity index (χ2v) is 4.68. The van der Waals surface area contributed by atoms with Gasteiger partial charge < -0.3 is 5.73 Å². The van der Waals surface area contributed by atoms with Crippen molar-refractivity contribution in [1.29, 1.82) is 0 Å². The smallest absolute Gasteiger partial charge is 0.194 e. The highest BCUT2D eigenvalue weighted by molar-refractivity contribution is 5.30. The van der Waals surface area contributed by atoms with Crippen molar-refractivity contribution < 1.29 is 17.6 Å². The molecule has 0 saturated heterocycles. The summed E-state index contributed by atoms with van der Waals surface area (Å²) in [5.41, 5.74) is 7.45. The lowest BCUT2D eigenvalue weighted by Gasteiger charge is -2.14. The molecule has 106 valence electrons. The second-order valence-electron chi connectivity index (χ2n) is 4.68. The van der Waals surface area contributed by atoms with E-state index in [1.165, 1.54) is 12.1 Å². The summed E-state index contributed by atoms with van der Waals surface area (Å²) in [7, 11) is 0. The van der Waals surface area contributed by atoms with Crippen molar-refractivity contribution >= 4 is 0 Å². The summed E-state index contributed by atoms with van der Waals surface area (Å²) < 4.78 is 52.4. The first-order valence-electron chi connectivity index (χ1n) is 6.03. The average Bonchev–Trinajstić information content (AvgIpc) is 2.39. The van der Waals surface area contributed by atoms with Crippen molar-refractivity contribution in [2.45, 2.75) is 19.4 Å². The monoisotopic (exact) mass is 283 g/mol. The Balaban J connectivity index is 2.28. The zero-order valence-electron chi connectivity index (χ0n) is 10.8. The lowest BCUT2D eigenvalue weighted by Crippen LogP contribution is -2.15. The molecule has 0 aliphatic heterocycles. The summed E-state index contributed by atoms with van der Waals surface area (Å²) in [5.74, 6) is -4.50. The minimum atomic E-state index is -1.53. The van der Waals surface area contributed by atoms with E-state index in [1.54, 1.807) is 13.0 Å². The van der Waals surface area contributed by atoms with E-state index in [0.717, 1.165) is 17.7 Å². The van der Waals surface area contributed by atoms with Crippen molar-refractivity contribution in [3.05, 3.63) is 70.3 Å². The molecule has 0 amide bonds. The highest BCUT2D eigenvalue weighted by atomic mass is 19.2. The highest BCUT2D eigenvalue weighted by Gasteiger charge is 2.16. The first-order chi connectivity index (χ1) is 9.38. The van der Waals surface area contributed by atoms with Gasteiger partial charge in [0.2, 0.25) is 0 Å². The van der Waals surface area contributed by atoms with Crippen LogP contribution >= 0.6 is 0 Å². The number of benzene rings is 2. The maximum Gasteiger partial charge on any atom is 0.194 e. The lowest BCUT2D eigenvalue weighted by molar-refractivity contribution is 0.443. The third kappa shape index (κ3) is 2.99. The topological polar surface area (TPSA) is 26.0 Å². The van der Waals surface area contributed by atoms with Crippen LogP contribution in [0.15, 0.2) is 30.3 Å². The Morgan fingerprint density at radius 1 is 1.00 bits per heavy atom. The van der Waals surface area contributed by atoms with Crippen LogP contribution in [0.1, 0.15) is 22.7 Å². The Morgan fingerprint density at radius 2 is 1.60 bits per heavy atom. The molecule has 0 aliphatic carbocycles. The lowest BCUT2D eigenvalue weighted by atomic mass is 9.96. The van der Waals surface area contributed by atoms with Crippen molar-refractivity contribution in [3.8, 4) is 0 Å².